The van der Waals surface area contributed by atoms with Crippen molar-refractivity contribution in [1.29, 1.82) is 0 Å². The molecule has 1 heterocycles. The van der Waals surface area contributed by atoms with Gasteiger partial charge in [-0.25, -0.2) is 0 Å². The van der Waals surface area contributed by atoms with Gasteiger partial charge in [-0.1, -0.05) is 0 Å². The van der Waals surface area contributed by atoms with Crippen LogP contribution in [0.1, 0.15) is 0 Å². The lowest BCUT2D eigenvalue weighted by molar-refractivity contribution is -0.300. The molecule has 1 aliphatic heterocycles. The number of β-amino-alcohol motifs (C(OH)–C–C–N with tert-alkyl or cyclic N) is 1. The fraction of sp³-hybridized carbons (Fsp3) is 0.833. The van der Waals surface area contributed by atoms with Gasteiger partial charge < -0.3 is 10.8 Å². The van der Waals surface area contributed by atoms with Crippen LogP contribution in [0.5, 0.6) is 0 Å². The Morgan fingerprint density at radius 2 is 2.00 bits per heavy atom. The predicted molar refractivity (Wildman–Crippen MR) is 36.6 cm³/mol. The topological polar surface area (TPSA) is 66.6 Å². The standard InChI is InChI=1S/C6H9F3N2O2/c7-6(8,9)5(13)2-11(3-5)1-4(10)12/h13H,1-3H2,(H2,10,12). The first-order valence-electron chi connectivity index (χ1n) is 3.54. The van der Waals surface area contributed by atoms with Crippen molar-refractivity contribution in [2.45, 2.75) is 11.8 Å². The highest BCUT2D eigenvalue weighted by atomic mass is 19.4. The zero-order chi connectivity index (χ0) is 10.3. The minimum Gasteiger partial charge on any atom is -0.378 e. The maximum absolute atomic E-state index is 12.0. The molecule has 76 valence electrons. The second-order valence-corrected chi connectivity index (χ2v) is 3.14. The van der Waals surface area contributed by atoms with Crippen LogP contribution in [0.3, 0.4) is 0 Å². The largest absolute Gasteiger partial charge is 0.419 e. The second-order valence-electron chi connectivity index (χ2n) is 3.14. The third-order valence-electron chi connectivity index (χ3n) is 1.88. The Morgan fingerprint density at radius 3 is 2.31 bits per heavy atom. The molecule has 1 fully saturated rings. The lowest BCUT2D eigenvalue weighted by Gasteiger charge is -2.46. The third kappa shape index (κ3) is 1.92. The van der Waals surface area contributed by atoms with Crippen LogP contribution < -0.4 is 5.73 Å². The van der Waals surface area contributed by atoms with Gasteiger partial charge in [-0.15, -0.1) is 0 Å². The van der Waals surface area contributed by atoms with E-state index in [1.807, 2.05) is 0 Å². The number of halogens is 3. The number of hydrogen-bond donors (Lipinski definition) is 2. The summed E-state index contributed by atoms with van der Waals surface area (Å²) in [5.74, 6) is -0.704. The van der Waals surface area contributed by atoms with Gasteiger partial charge >= 0.3 is 6.18 Å². The van der Waals surface area contributed by atoms with E-state index in [9.17, 15) is 18.0 Å². The number of alkyl halides is 3. The summed E-state index contributed by atoms with van der Waals surface area (Å²) in [6.07, 6.45) is -4.64. The molecule has 0 atom stereocenters. The van der Waals surface area contributed by atoms with Crippen LogP contribution in [0.25, 0.3) is 0 Å². The Morgan fingerprint density at radius 1 is 1.54 bits per heavy atom. The summed E-state index contributed by atoms with van der Waals surface area (Å²) in [4.78, 5) is 11.4. The number of carbonyl (C=O) groups is 1. The summed E-state index contributed by atoms with van der Waals surface area (Å²) in [6, 6.07) is 0. The molecule has 0 unspecified atom stereocenters. The summed E-state index contributed by atoms with van der Waals surface area (Å²) in [7, 11) is 0. The van der Waals surface area contributed by atoms with E-state index in [1.165, 1.54) is 0 Å². The van der Waals surface area contributed by atoms with E-state index in [1.54, 1.807) is 0 Å². The van der Waals surface area contributed by atoms with Gasteiger partial charge in [0.25, 0.3) is 0 Å². The van der Waals surface area contributed by atoms with Gasteiger partial charge in [0.2, 0.25) is 5.91 Å². The lowest BCUT2D eigenvalue weighted by Crippen LogP contribution is -2.69. The Hall–Kier alpha value is -0.820. The van der Waals surface area contributed by atoms with Crippen LogP contribution in [-0.2, 0) is 4.79 Å². The number of amides is 1. The first kappa shape index (κ1) is 10.3. The highest BCUT2D eigenvalue weighted by molar-refractivity contribution is 5.76. The molecule has 7 heteroatoms. The number of primary amides is 1. The van der Waals surface area contributed by atoms with Crippen LogP contribution in [-0.4, -0.2) is 47.3 Å². The molecule has 0 aromatic rings. The molecule has 4 nitrogen and oxygen atoms in total. The van der Waals surface area contributed by atoms with Gasteiger partial charge in [0.05, 0.1) is 6.54 Å². The average Bonchev–Trinajstić information content (AvgIpc) is 1.79. The fourth-order valence-corrected chi connectivity index (χ4v) is 1.20. The summed E-state index contributed by atoms with van der Waals surface area (Å²) < 4.78 is 36.0. The van der Waals surface area contributed by atoms with Crippen molar-refractivity contribution < 1.29 is 23.1 Å². The predicted octanol–water partition coefficient (Wildman–Crippen LogP) is -0.919. The second kappa shape index (κ2) is 2.85. The van der Waals surface area contributed by atoms with Gasteiger partial charge in [0, 0.05) is 13.1 Å². The third-order valence-corrected chi connectivity index (χ3v) is 1.88. The first-order chi connectivity index (χ1) is 5.74. The van der Waals surface area contributed by atoms with E-state index in [4.69, 9.17) is 10.8 Å². The van der Waals surface area contributed by atoms with Gasteiger partial charge in [0.1, 0.15) is 0 Å². The molecule has 0 saturated carbocycles. The Balaban J connectivity index is 2.44. The molecule has 0 aromatic carbocycles. The number of likely N-dealkylation sites (tertiary alicyclic amines) is 1. The molecular weight excluding hydrogens is 189 g/mol. The maximum Gasteiger partial charge on any atom is 0.419 e. The van der Waals surface area contributed by atoms with Crippen LogP contribution in [0, 0.1) is 0 Å². The molecule has 1 saturated heterocycles. The molecule has 0 spiro atoms. The van der Waals surface area contributed by atoms with Crippen LogP contribution in [0.2, 0.25) is 0 Å². The molecule has 3 N–H and O–H groups in total. The van der Waals surface area contributed by atoms with Crippen molar-refractivity contribution in [3.63, 3.8) is 0 Å². The number of rotatable bonds is 2. The summed E-state index contributed by atoms with van der Waals surface area (Å²) in [5, 5.41) is 8.91. The van der Waals surface area contributed by atoms with Crippen molar-refractivity contribution >= 4 is 5.91 Å². The number of nitrogens with zero attached hydrogens (tertiary/aromatic N) is 1. The molecular formula is C6H9F3N2O2. The van der Waals surface area contributed by atoms with E-state index in [-0.39, 0.29) is 6.54 Å². The van der Waals surface area contributed by atoms with Gasteiger partial charge in [-0.2, -0.15) is 13.2 Å². The number of carbonyl (C=O) groups excluding carboxylic acids is 1. The Bertz CT molecular complexity index is 222. The Labute approximate surface area is 72.1 Å². The highest BCUT2D eigenvalue weighted by Gasteiger charge is 2.60. The van der Waals surface area contributed by atoms with Crippen LogP contribution >= 0.6 is 0 Å². The summed E-state index contributed by atoms with van der Waals surface area (Å²) in [5.41, 5.74) is 2.09. The SMILES string of the molecule is NC(=O)CN1CC(O)(C(F)(F)F)C1. The lowest BCUT2D eigenvalue weighted by atomic mass is 9.93. The molecule has 1 aliphatic rings. The summed E-state index contributed by atoms with van der Waals surface area (Å²) >= 11 is 0. The monoisotopic (exact) mass is 198 g/mol. The molecule has 0 aromatic heterocycles. The van der Waals surface area contributed by atoms with E-state index < -0.39 is 30.8 Å². The number of aliphatic hydroxyl groups is 1. The van der Waals surface area contributed by atoms with Crippen LogP contribution in [0.4, 0.5) is 13.2 Å². The van der Waals surface area contributed by atoms with Crippen molar-refractivity contribution in [2.24, 2.45) is 5.73 Å². The zero-order valence-corrected chi connectivity index (χ0v) is 6.64. The average molecular weight is 198 g/mol. The number of nitrogens with two attached hydrogens (primary N) is 1. The van der Waals surface area contributed by atoms with E-state index in [2.05, 4.69) is 0 Å². The van der Waals surface area contributed by atoms with Crippen molar-refractivity contribution in [2.75, 3.05) is 19.6 Å². The minimum atomic E-state index is -4.64. The van der Waals surface area contributed by atoms with Gasteiger partial charge in [-0.3, -0.25) is 9.69 Å². The minimum absolute atomic E-state index is 0.252. The Kier molecular flexibility index (Phi) is 2.25. The van der Waals surface area contributed by atoms with Crippen LogP contribution in [0.15, 0.2) is 0 Å². The molecule has 0 radical (unpaired) electrons. The summed E-state index contributed by atoms with van der Waals surface area (Å²) in [6.45, 7) is -1.42. The van der Waals surface area contributed by atoms with Gasteiger partial charge in [0.15, 0.2) is 5.60 Å². The van der Waals surface area contributed by atoms with E-state index in [0.29, 0.717) is 0 Å². The quantitative estimate of drug-likeness (QED) is 0.603. The van der Waals surface area contributed by atoms with Crippen molar-refractivity contribution in [3.05, 3.63) is 0 Å². The molecule has 1 amide bonds. The van der Waals surface area contributed by atoms with Crippen molar-refractivity contribution in [1.82, 2.24) is 4.90 Å². The maximum atomic E-state index is 12.0. The zero-order valence-electron chi connectivity index (χ0n) is 6.64. The molecule has 13 heavy (non-hydrogen) atoms. The molecule has 0 bridgehead atoms. The van der Waals surface area contributed by atoms with Crippen molar-refractivity contribution in [3.8, 4) is 0 Å². The van der Waals surface area contributed by atoms with E-state index >= 15 is 0 Å². The van der Waals surface area contributed by atoms with E-state index in [0.717, 1.165) is 4.90 Å². The van der Waals surface area contributed by atoms with Gasteiger partial charge in [-0.05, 0) is 0 Å². The first-order valence-corrected chi connectivity index (χ1v) is 3.54. The smallest absolute Gasteiger partial charge is 0.378 e. The molecule has 1 rings (SSSR count). The molecule has 0 aliphatic carbocycles. The fourth-order valence-electron chi connectivity index (χ4n) is 1.20. The highest BCUT2D eigenvalue weighted by Crippen LogP contribution is 2.37. The number of hydrogen-bond acceptors (Lipinski definition) is 3. The normalized spacial score (nSPS) is 22.5.